The molecule has 0 spiro atoms. The Morgan fingerprint density at radius 1 is 1.19 bits per heavy atom. The van der Waals surface area contributed by atoms with E-state index in [9.17, 15) is 5.26 Å². The lowest BCUT2D eigenvalue weighted by Gasteiger charge is -2.17. The van der Waals surface area contributed by atoms with E-state index in [0.717, 1.165) is 42.9 Å². The number of nitriles is 1. The van der Waals surface area contributed by atoms with Gasteiger partial charge in [0.2, 0.25) is 5.82 Å². The van der Waals surface area contributed by atoms with E-state index in [4.69, 9.17) is 14.0 Å². The van der Waals surface area contributed by atoms with Gasteiger partial charge in [-0.2, -0.15) is 10.2 Å². The van der Waals surface area contributed by atoms with Crippen molar-refractivity contribution in [2.75, 3.05) is 19.7 Å². The molecule has 7 nitrogen and oxygen atoms in total. The first-order chi connectivity index (χ1) is 15.1. The Morgan fingerprint density at radius 3 is 2.81 bits per heavy atom. The van der Waals surface area contributed by atoms with Crippen LogP contribution in [0.25, 0.3) is 22.8 Å². The van der Waals surface area contributed by atoms with Crippen LogP contribution in [0.3, 0.4) is 0 Å². The summed E-state index contributed by atoms with van der Waals surface area (Å²) in [5, 5.41) is 13.6. The van der Waals surface area contributed by atoms with Crippen LogP contribution in [-0.4, -0.2) is 40.8 Å². The van der Waals surface area contributed by atoms with Gasteiger partial charge in [-0.15, -0.1) is 0 Å². The highest BCUT2D eigenvalue weighted by Crippen LogP contribution is 2.31. The summed E-state index contributed by atoms with van der Waals surface area (Å²) in [7, 11) is 0. The van der Waals surface area contributed by atoms with Crippen molar-refractivity contribution < 1.29 is 14.0 Å². The normalized spacial score (nSPS) is 13.9. The molecule has 0 saturated carbocycles. The van der Waals surface area contributed by atoms with Gasteiger partial charge >= 0.3 is 0 Å². The number of nitrogens with zero attached hydrogens (tertiary/aromatic N) is 4. The van der Waals surface area contributed by atoms with E-state index >= 15 is 0 Å². The molecule has 2 heterocycles. The minimum absolute atomic E-state index is 0.0154. The molecule has 31 heavy (non-hydrogen) atoms. The van der Waals surface area contributed by atoms with Crippen molar-refractivity contribution in [3.63, 3.8) is 0 Å². The lowest BCUT2D eigenvalue weighted by atomic mass is 10.1. The number of aromatic nitrogens is 2. The molecule has 1 aliphatic heterocycles. The summed E-state index contributed by atoms with van der Waals surface area (Å²) in [6.45, 7) is 9.52. The molecule has 160 valence electrons. The predicted octanol–water partition coefficient (Wildman–Crippen LogP) is 4.67. The van der Waals surface area contributed by atoms with Gasteiger partial charge in [-0.3, -0.25) is 4.90 Å². The molecule has 0 saturated heterocycles. The van der Waals surface area contributed by atoms with Gasteiger partial charge in [0.05, 0.1) is 11.7 Å². The summed E-state index contributed by atoms with van der Waals surface area (Å²) < 4.78 is 17.1. The van der Waals surface area contributed by atoms with E-state index < -0.39 is 0 Å². The van der Waals surface area contributed by atoms with E-state index in [-0.39, 0.29) is 6.10 Å². The van der Waals surface area contributed by atoms with Crippen molar-refractivity contribution in [3.05, 3.63) is 47.5 Å². The summed E-state index contributed by atoms with van der Waals surface area (Å²) in [4.78, 5) is 6.95. The van der Waals surface area contributed by atoms with Crippen molar-refractivity contribution in [2.45, 2.75) is 39.8 Å². The Balaban J connectivity index is 1.60. The summed E-state index contributed by atoms with van der Waals surface area (Å²) in [5.74, 6) is 2.32. The molecule has 0 fully saturated rings. The lowest BCUT2D eigenvalue weighted by Crippen LogP contribution is -2.26. The van der Waals surface area contributed by atoms with Crippen LogP contribution in [0.4, 0.5) is 0 Å². The Morgan fingerprint density at radius 2 is 2.03 bits per heavy atom. The Bertz CT molecular complexity index is 1100. The van der Waals surface area contributed by atoms with Gasteiger partial charge in [-0.25, -0.2) is 0 Å². The van der Waals surface area contributed by atoms with Gasteiger partial charge in [-0.1, -0.05) is 12.1 Å². The van der Waals surface area contributed by atoms with Crippen LogP contribution in [-0.2, 0) is 6.54 Å². The maximum absolute atomic E-state index is 9.47. The fraction of sp³-hybridized carbons (Fsp3) is 0.375. The highest BCUT2D eigenvalue weighted by molar-refractivity contribution is 5.64. The largest absolute Gasteiger partial charge is 0.492 e. The molecule has 0 aliphatic carbocycles. The van der Waals surface area contributed by atoms with Gasteiger partial charge in [0.25, 0.3) is 5.89 Å². The first-order valence-corrected chi connectivity index (χ1v) is 10.6. The van der Waals surface area contributed by atoms with Crippen LogP contribution in [0.1, 0.15) is 38.3 Å². The third-order valence-electron chi connectivity index (χ3n) is 5.05. The molecule has 0 bridgehead atoms. The van der Waals surface area contributed by atoms with Gasteiger partial charge in [-0.05, 0) is 63.2 Å². The number of benzene rings is 2. The average molecular weight is 418 g/mol. The summed E-state index contributed by atoms with van der Waals surface area (Å²) in [6.07, 6.45) is 1.09. The molecule has 2 aromatic carbocycles. The third kappa shape index (κ3) is 4.70. The number of ether oxygens (including phenoxy) is 2. The van der Waals surface area contributed by atoms with Crippen molar-refractivity contribution in [2.24, 2.45) is 0 Å². The molecule has 0 radical (unpaired) electrons. The maximum atomic E-state index is 9.47. The molecule has 7 heteroatoms. The third-order valence-corrected chi connectivity index (χ3v) is 5.05. The standard InChI is InChI=1S/C24H26N4O3/c1-4-9-28-10-11-29-21-7-5-17(12-20(21)15-28)23-26-24(31-27-23)18-6-8-22(30-16(2)3)19(13-18)14-25/h5-8,12-13,16H,4,9-11,15H2,1-3H3. The lowest BCUT2D eigenvalue weighted by molar-refractivity contribution is 0.226. The number of fused-ring (bicyclic) bond motifs is 1. The summed E-state index contributed by atoms with van der Waals surface area (Å²) >= 11 is 0. The summed E-state index contributed by atoms with van der Waals surface area (Å²) in [5.41, 5.74) is 3.11. The van der Waals surface area contributed by atoms with Crippen LogP contribution >= 0.6 is 0 Å². The Labute approximate surface area is 182 Å². The van der Waals surface area contributed by atoms with Crippen molar-refractivity contribution in [1.29, 1.82) is 5.26 Å². The Hall–Kier alpha value is -3.37. The van der Waals surface area contributed by atoms with E-state index in [0.29, 0.717) is 35.2 Å². The SMILES string of the molecule is CCCN1CCOc2ccc(-c3noc(-c4ccc(OC(C)C)c(C#N)c4)n3)cc2C1. The molecule has 4 rings (SSSR count). The number of hydrogen-bond donors (Lipinski definition) is 0. The maximum Gasteiger partial charge on any atom is 0.258 e. The van der Waals surface area contributed by atoms with Gasteiger partial charge < -0.3 is 14.0 Å². The molecule has 1 aromatic heterocycles. The summed E-state index contributed by atoms with van der Waals surface area (Å²) in [6, 6.07) is 13.5. The fourth-order valence-electron chi connectivity index (χ4n) is 3.66. The number of hydrogen-bond acceptors (Lipinski definition) is 7. The second kappa shape index (κ2) is 9.19. The van der Waals surface area contributed by atoms with Crippen LogP contribution in [0.2, 0.25) is 0 Å². The molecule has 1 aliphatic rings. The predicted molar refractivity (Wildman–Crippen MR) is 117 cm³/mol. The molecule has 0 amide bonds. The smallest absolute Gasteiger partial charge is 0.258 e. The number of rotatable bonds is 6. The zero-order chi connectivity index (χ0) is 21.8. The van der Waals surface area contributed by atoms with Crippen molar-refractivity contribution in [1.82, 2.24) is 15.0 Å². The van der Waals surface area contributed by atoms with E-state index in [1.54, 1.807) is 12.1 Å². The molecular formula is C24H26N4O3. The quantitative estimate of drug-likeness (QED) is 0.575. The van der Waals surface area contributed by atoms with Crippen LogP contribution < -0.4 is 9.47 Å². The molecule has 0 atom stereocenters. The highest BCUT2D eigenvalue weighted by atomic mass is 16.5. The monoisotopic (exact) mass is 418 g/mol. The van der Waals surface area contributed by atoms with Crippen LogP contribution in [0, 0.1) is 11.3 Å². The molecular weight excluding hydrogens is 392 g/mol. The van der Waals surface area contributed by atoms with Gasteiger partial charge in [0.15, 0.2) is 0 Å². The minimum Gasteiger partial charge on any atom is -0.492 e. The molecule has 0 unspecified atom stereocenters. The van der Waals surface area contributed by atoms with Crippen LogP contribution in [0.15, 0.2) is 40.9 Å². The zero-order valence-electron chi connectivity index (χ0n) is 18.1. The topological polar surface area (TPSA) is 84.4 Å². The van der Waals surface area contributed by atoms with Gasteiger partial charge in [0.1, 0.15) is 24.2 Å². The average Bonchev–Trinajstić information content (AvgIpc) is 3.16. The molecule has 0 N–H and O–H groups in total. The highest BCUT2D eigenvalue weighted by Gasteiger charge is 2.18. The van der Waals surface area contributed by atoms with E-state index in [2.05, 4.69) is 34.1 Å². The second-order valence-corrected chi connectivity index (χ2v) is 7.86. The van der Waals surface area contributed by atoms with Gasteiger partial charge in [0, 0.05) is 29.8 Å². The minimum atomic E-state index is -0.0154. The van der Waals surface area contributed by atoms with E-state index in [1.165, 1.54) is 0 Å². The first-order valence-electron chi connectivity index (χ1n) is 10.6. The van der Waals surface area contributed by atoms with Crippen LogP contribution in [0.5, 0.6) is 11.5 Å². The van der Waals surface area contributed by atoms with E-state index in [1.807, 2.05) is 32.0 Å². The molecule has 3 aromatic rings. The fourth-order valence-corrected chi connectivity index (χ4v) is 3.66. The zero-order valence-corrected chi connectivity index (χ0v) is 18.1. The second-order valence-electron chi connectivity index (χ2n) is 7.86. The van der Waals surface area contributed by atoms with Crippen molar-refractivity contribution in [3.8, 4) is 40.4 Å². The van der Waals surface area contributed by atoms with Crippen molar-refractivity contribution >= 4 is 0 Å². The first kappa shape index (κ1) is 20.9. The Kier molecular flexibility index (Phi) is 6.19.